The molecule has 0 bridgehead atoms. The van der Waals surface area contributed by atoms with E-state index < -0.39 is 5.82 Å². The number of carbonyl (C=O) groups is 2. The molecule has 4 rings (SSSR count). The van der Waals surface area contributed by atoms with Crippen LogP contribution in [0.3, 0.4) is 0 Å². The molecule has 0 radical (unpaired) electrons. The first-order valence-electron chi connectivity index (χ1n) is 13.6. The smallest absolute Gasteiger partial charge is 0.230 e. The summed E-state index contributed by atoms with van der Waals surface area (Å²) < 4.78 is 19.0. The second-order valence-corrected chi connectivity index (χ2v) is 10.9. The third-order valence-corrected chi connectivity index (χ3v) is 7.31. The van der Waals surface area contributed by atoms with Crippen LogP contribution in [0.25, 0.3) is 0 Å². The minimum atomic E-state index is -0.551. The molecule has 2 heterocycles. The highest BCUT2D eigenvalue weighted by Gasteiger charge is 2.22. The number of nitrogens with one attached hydrogen (secondary N) is 4. The van der Waals surface area contributed by atoms with E-state index in [1.165, 1.54) is 29.5 Å². The summed E-state index contributed by atoms with van der Waals surface area (Å²) >= 11 is 1.33. The van der Waals surface area contributed by atoms with Crippen LogP contribution in [0.4, 0.5) is 9.52 Å². The van der Waals surface area contributed by atoms with E-state index in [4.69, 9.17) is 9.84 Å². The third kappa shape index (κ3) is 9.62. The molecule has 3 aromatic rings. The normalized spacial score (nSPS) is 16.4. The first-order valence-corrected chi connectivity index (χ1v) is 14.4. The van der Waals surface area contributed by atoms with Crippen LogP contribution in [0.2, 0.25) is 0 Å². The predicted molar refractivity (Wildman–Crippen MR) is 154 cm³/mol. The summed E-state index contributed by atoms with van der Waals surface area (Å²) in [7, 11) is 0. The van der Waals surface area contributed by atoms with Crippen molar-refractivity contribution in [2.24, 2.45) is 5.92 Å². The number of benzene rings is 2. The molecule has 12 heteroatoms. The zero-order valence-corrected chi connectivity index (χ0v) is 23.7. The molecule has 0 saturated heterocycles. The number of unbranched alkanes of at least 4 members (excludes halogenated alkanes) is 1. The summed E-state index contributed by atoms with van der Waals surface area (Å²) in [6, 6.07) is 13.9. The summed E-state index contributed by atoms with van der Waals surface area (Å²) in [4.78, 5) is 24.8. The van der Waals surface area contributed by atoms with E-state index in [0.29, 0.717) is 17.1 Å². The number of hydrazine groups is 1. The van der Waals surface area contributed by atoms with Crippen LogP contribution >= 0.6 is 11.3 Å². The van der Waals surface area contributed by atoms with E-state index in [1.807, 2.05) is 30.3 Å². The van der Waals surface area contributed by atoms with Crippen molar-refractivity contribution in [1.82, 2.24) is 26.4 Å². The quantitative estimate of drug-likeness (QED) is 0.183. The first-order chi connectivity index (χ1) is 19.9. The molecule has 2 unspecified atom stereocenters. The predicted octanol–water partition coefficient (Wildman–Crippen LogP) is 3.26. The lowest BCUT2D eigenvalue weighted by Gasteiger charge is -2.31. The van der Waals surface area contributed by atoms with Gasteiger partial charge in [0.25, 0.3) is 0 Å². The van der Waals surface area contributed by atoms with Gasteiger partial charge >= 0.3 is 0 Å². The van der Waals surface area contributed by atoms with Gasteiger partial charge in [0.1, 0.15) is 17.8 Å². The van der Waals surface area contributed by atoms with Gasteiger partial charge in [0, 0.05) is 18.0 Å². The van der Waals surface area contributed by atoms with E-state index >= 15 is 0 Å². The van der Waals surface area contributed by atoms with E-state index in [-0.39, 0.29) is 49.3 Å². The molecule has 1 aliphatic rings. The molecule has 41 heavy (non-hydrogen) atoms. The highest BCUT2D eigenvalue weighted by Crippen LogP contribution is 2.22. The van der Waals surface area contributed by atoms with Gasteiger partial charge in [-0.1, -0.05) is 60.7 Å². The Balaban J connectivity index is 1.15. The Morgan fingerprint density at radius 2 is 1.83 bits per heavy atom. The number of carbonyl (C=O) groups excluding carboxylic acids is 2. The van der Waals surface area contributed by atoms with Gasteiger partial charge in [-0.15, -0.1) is 10.2 Å². The summed E-state index contributed by atoms with van der Waals surface area (Å²) in [6.45, 7) is 1.81. The Labute approximate surface area is 242 Å². The second kappa shape index (κ2) is 15.2. The van der Waals surface area contributed by atoms with Gasteiger partial charge in [0.2, 0.25) is 16.9 Å². The van der Waals surface area contributed by atoms with Gasteiger partial charge in [-0.05, 0) is 42.5 Å². The number of anilines is 1. The van der Waals surface area contributed by atoms with Crippen molar-refractivity contribution < 1.29 is 23.8 Å². The number of aliphatic hydroxyl groups excluding tert-OH is 1. The van der Waals surface area contributed by atoms with Gasteiger partial charge in [0.05, 0.1) is 19.4 Å². The summed E-state index contributed by atoms with van der Waals surface area (Å²) in [6.07, 6.45) is 5.76. The number of allylic oxidation sites excluding steroid dienone is 1. The number of ether oxygens (including phenoxy) is 1. The van der Waals surface area contributed by atoms with Crippen LogP contribution in [0.1, 0.15) is 42.3 Å². The molecular weight excluding hydrogens is 547 g/mol. The topological polar surface area (TPSA) is 138 Å². The van der Waals surface area contributed by atoms with Crippen LogP contribution in [0.15, 0.2) is 60.3 Å². The van der Waals surface area contributed by atoms with E-state index in [9.17, 15) is 14.0 Å². The minimum absolute atomic E-state index is 0.00241. The van der Waals surface area contributed by atoms with E-state index in [2.05, 4.69) is 44.7 Å². The monoisotopic (exact) mass is 582 g/mol. The minimum Gasteiger partial charge on any atom is -0.488 e. The molecule has 2 atom stereocenters. The van der Waals surface area contributed by atoms with Crippen molar-refractivity contribution in [3.8, 4) is 5.75 Å². The van der Waals surface area contributed by atoms with Crippen LogP contribution in [-0.2, 0) is 28.9 Å². The lowest BCUT2D eigenvalue weighted by molar-refractivity contribution is -0.121. The molecule has 2 aromatic carbocycles. The number of aromatic nitrogens is 2. The zero-order chi connectivity index (χ0) is 29.0. The Hall–Kier alpha value is -3.87. The number of hydrogen-bond donors (Lipinski definition) is 5. The SMILES string of the molecule is CC1C=C(CCCCc2nnc(NC(=O)Cc3ccc(F)c(OCCO)c3)s2)NNC1NC(=O)Cc1ccccc1. The number of aliphatic hydroxyl groups is 1. The average Bonchev–Trinajstić information content (AvgIpc) is 3.40. The van der Waals surface area contributed by atoms with Crippen LogP contribution in [-0.4, -0.2) is 46.5 Å². The van der Waals surface area contributed by atoms with Gasteiger partial charge in [-0.2, -0.15) is 0 Å². The molecule has 10 nitrogen and oxygen atoms in total. The zero-order valence-electron chi connectivity index (χ0n) is 22.9. The standard InChI is InChI=1S/C29H35FN6O4S/c1-19-15-22(33-35-28(19)31-25(38)17-20-7-3-2-4-8-20)9-5-6-10-27-34-36-29(41-27)32-26(39)18-21-11-12-23(30)24(16-21)40-14-13-37/h2-4,7-8,11-12,15-16,19,28,33,35,37H,5-6,9-10,13-14,17-18H2,1H3,(H,31,38)(H,32,36,39). The highest BCUT2D eigenvalue weighted by atomic mass is 32.1. The van der Waals surface area contributed by atoms with Gasteiger partial charge in [-0.3, -0.25) is 9.59 Å². The number of hydrogen-bond acceptors (Lipinski definition) is 9. The first kappa shape index (κ1) is 30.1. The lowest BCUT2D eigenvalue weighted by atomic mass is 10.0. The number of halogens is 1. The molecule has 0 fully saturated rings. The Morgan fingerprint density at radius 1 is 1.05 bits per heavy atom. The molecule has 1 aliphatic heterocycles. The van der Waals surface area contributed by atoms with Gasteiger partial charge in [-0.25, -0.2) is 9.82 Å². The maximum Gasteiger partial charge on any atom is 0.230 e. The van der Waals surface area contributed by atoms with Crippen LogP contribution in [0, 0.1) is 11.7 Å². The third-order valence-electron chi connectivity index (χ3n) is 6.41. The molecule has 0 saturated carbocycles. The van der Waals surface area contributed by atoms with Crippen molar-refractivity contribution in [3.05, 3.63) is 82.3 Å². The van der Waals surface area contributed by atoms with E-state index in [1.54, 1.807) is 0 Å². The molecule has 5 N–H and O–H groups in total. The van der Waals surface area contributed by atoms with Gasteiger partial charge in [0.15, 0.2) is 11.6 Å². The second-order valence-electron chi connectivity index (χ2n) is 9.80. The van der Waals surface area contributed by atoms with Gasteiger partial charge < -0.3 is 25.9 Å². The lowest BCUT2D eigenvalue weighted by Crippen LogP contribution is -2.56. The van der Waals surface area contributed by atoms with Crippen molar-refractivity contribution in [3.63, 3.8) is 0 Å². The maximum atomic E-state index is 13.8. The molecule has 218 valence electrons. The molecule has 1 aromatic heterocycles. The summed E-state index contributed by atoms with van der Waals surface area (Å²) in [5.74, 6) is -0.739. The van der Waals surface area contributed by atoms with E-state index in [0.717, 1.165) is 42.0 Å². The van der Waals surface area contributed by atoms with Crippen molar-refractivity contribution >= 4 is 28.3 Å². The number of aryl methyl sites for hydroxylation is 1. The van der Waals surface area contributed by atoms with Crippen molar-refractivity contribution in [1.29, 1.82) is 0 Å². The number of amides is 2. The van der Waals surface area contributed by atoms with Crippen LogP contribution < -0.4 is 26.2 Å². The Morgan fingerprint density at radius 3 is 2.61 bits per heavy atom. The van der Waals surface area contributed by atoms with Crippen LogP contribution in [0.5, 0.6) is 5.75 Å². The molecule has 0 spiro atoms. The maximum absolute atomic E-state index is 13.8. The highest BCUT2D eigenvalue weighted by molar-refractivity contribution is 7.15. The average molecular weight is 583 g/mol. The molecular formula is C29H35FN6O4S. The fourth-order valence-electron chi connectivity index (χ4n) is 4.35. The largest absolute Gasteiger partial charge is 0.488 e. The van der Waals surface area contributed by atoms with Crippen molar-refractivity contribution in [2.75, 3.05) is 18.5 Å². The summed E-state index contributed by atoms with van der Waals surface area (Å²) in [5.41, 5.74) is 9.06. The Kier molecular flexibility index (Phi) is 11.2. The van der Waals surface area contributed by atoms with Crippen molar-refractivity contribution in [2.45, 2.75) is 51.6 Å². The number of rotatable bonds is 14. The Bertz CT molecular complexity index is 1340. The number of nitrogens with zero attached hydrogens (tertiary/aromatic N) is 2. The fourth-order valence-corrected chi connectivity index (χ4v) is 5.14. The fraction of sp³-hybridized carbons (Fsp3) is 0.379. The molecule has 0 aliphatic carbocycles. The summed E-state index contributed by atoms with van der Waals surface area (Å²) in [5, 5.41) is 24.1. The molecule has 2 amide bonds.